The van der Waals surface area contributed by atoms with Crippen LogP contribution in [-0.2, 0) is 6.61 Å². The lowest BCUT2D eigenvalue weighted by Gasteiger charge is -2.05. The number of aliphatic hydroxyl groups excluding tert-OH is 1. The van der Waals surface area contributed by atoms with Gasteiger partial charge >= 0.3 is 0 Å². The fraction of sp³-hybridized carbons (Fsp3) is 0.182. The van der Waals surface area contributed by atoms with E-state index in [1.54, 1.807) is 6.07 Å². The number of pyridine rings is 1. The maximum Gasteiger partial charge on any atom is 0.256 e. The van der Waals surface area contributed by atoms with Crippen LogP contribution in [0.4, 0.5) is 0 Å². The Morgan fingerprint density at radius 3 is 2.57 bits per heavy atom. The zero-order valence-corrected chi connectivity index (χ0v) is 7.87. The van der Waals surface area contributed by atoms with Gasteiger partial charge in [-0.2, -0.15) is 0 Å². The number of nitrogens with one attached hydrogen (secondary N) is 1. The Morgan fingerprint density at radius 2 is 1.93 bits per heavy atom. The molecule has 2 N–H and O–H groups in total. The van der Waals surface area contributed by atoms with E-state index in [0.717, 1.165) is 10.9 Å². The highest BCUT2D eigenvalue weighted by Crippen LogP contribution is 2.16. The molecule has 72 valence electrons. The van der Waals surface area contributed by atoms with Gasteiger partial charge in [-0.05, 0) is 23.9 Å². The molecule has 0 radical (unpaired) electrons. The van der Waals surface area contributed by atoms with E-state index in [9.17, 15) is 4.79 Å². The molecule has 0 aliphatic heterocycles. The monoisotopic (exact) mass is 189 g/mol. The molecule has 0 atom stereocenters. The summed E-state index contributed by atoms with van der Waals surface area (Å²) in [4.78, 5) is 14.2. The number of aliphatic hydroxyl groups is 1. The van der Waals surface area contributed by atoms with Crippen LogP contribution in [0.5, 0.6) is 0 Å². The second-order valence-electron chi connectivity index (χ2n) is 3.26. The summed E-state index contributed by atoms with van der Waals surface area (Å²) in [7, 11) is 0. The van der Waals surface area contributed by atoms with E-state index < -0.39 is 0 Å². The maximum absolute atomic E-state index is 11.5. The highest BCUT2D eigenvalue weighted by atomic mass is 16.3. The smallest absolute Gasteiger partial charge is 0.256 e. The van der Waals surface area contributed by atoms with Crippen LogP contribution in [-0.4, -0.2) is 10.1 Å². The van der Waals surface area contributed by atoms with Gasteiger partial charge in [0.05, 0.1) is 6.61 Å². The second kappa shape index (κ2) is 3.27. The number of aromatic nitrogens is 1. The fourth-order valence-electron chi connectivity index (χ4n) is 1.63. The Morgan fingerprint density at radius 1 is 1.29 bits per heavy atom. The van der Waals surface area contributed by atoms with Gasteiger partial charge in [0.1, 0.15) is 0 Å². The molecule has 0 aliphatic rings. The normalized spacial score (nSPS) is 10.7. The number of fused-ring (bicyclic) bond motifs is 1. The molecule has 1 heterocycles. The number of aryl methyl sites for hydroxylation is 1. The number of aromatic amines is 1. The molecule has 0 saturated heterocycles. The Hall–Kier alpha value is -1.61. The third kappa shape index (κ3) is 1.22. The third-order valence-corrected chi connectivity index (χ3v) is 2.45. The van der Waals surface area contributed by atoms with Gasteiger partial charge < -0.3 is 10.1 Å². The highest BCUT2D eigenvalue weighted by Gasteiger charge is 2.05. The Balaban J connectivity index is 2.95. The molecular weight excluding hydrogens is 178 g/mol. The minimum absolute atomic E-state index is 0.133. The van der Waals surface area contributed by atoms with E-state index in [0.29, 0.717) is 11.1 Å². The predicted octanol–water partition coefficient (Wildman–Crippen LogP) is 1.33. The first-order chi connectivity index (χ1) is 6.74. The number of H-pyrrole nitrogens is 1. The molecule has 3 heteroatoms. The first-order valence-corrected chi connectivity index (χ1v) is 4.45. The summed E-state index contributed by atoms with van der Waals surface area (Å²) in [6.07, 6.45) is 0. The van der Waals surface area contributed by atoms with Crippen molar-refractivity contribution in [2.75, 3.05) is 0 Å². The summed E-state index contributed by atoms with van der Waals surface area (Å²) in [5.41, 5.74) is 1.38. The predicted molar refractivity (Wildman–Crippen MR) is 55.2 cm³/mol. The zero-order valence-electron chi connectivity index (χ0n) is 7.87. The van der Waals surface area contributed by atoms with Crippen molar-refractivity contribution in [1.29, 1.82) is 0 Å². The average molecular weight is 189 g/mol. The van der Waals surface area contributed by atoms with Gasteiger partial charge in [0.15, 0.2) is 0 Å². The molecule has 0 fully saturated rings. The molecule has 0 aliphatic carbocycles. The van der Waals surface area contributed by atoms with Gasteiger partial charge in [0, 0.05) is 11.1 Å². The number of benzene rings is 1. The lowest BCUT2D eigenvalue weighted by molar-refractivity contribution is 0.276. The van der Waals surface area contributed by atoms with Crippen LogP contribution in [0.25, 0.3) is 10.8 Å². The molecule has 1 aromatic heterocycles. The average Bonchev–Trinajstić information content (AvgIpc) is 2.23. The van der Waals surface area contributed by atoms with E-state index in [4.69, 9.17) is 5.11 Å². The van der Waals surface area contributed by atoms with Crippen LogP contribution in [0.15, 0.2) is 29.1 Å². The van der Waals surface area contributed by atoms with Crippen LogP contribution in [0.1, 0.15) is 11.3 Å². The lowest BCUT2D eigenvalue weighted by atomic mass is 10.1. The summed E-state index contributed by atoms with van der Waals surface area (Å²) in [6, 6.07) is 7.38. The van der Waals surface area contributed by atoms with E-state index in [2.05, 4.69) is 4.98 Å². The van der Waals surface area contributed by atoms with Crippen molar-refractivity contribution in [3.8, 4) is 0 Å². The SMILES string of the molecule is Cc1c(CO)[nH]c(=O)c2ccccc12. The number of hydrogen-bond acceptors (Lipinski definition) is 2. The molecule has 0 spiro atoms. The van der Waals surface area contributed by atoms with Crippen LogP contribution in [0, 0.1) is 6.92 Å². The van der Waals surface area contributed by atoms with E-state index in [1.807, 2.05) is 25.1 Å². The van der Waals surface area contributed by atoms with Crippen molar-refractivity contribution in [2.24, 2.45) is 0 Å². The minimum atomic E-state index is -0.143. The van der Waals surface area contributed by atoms with Gasteiger partial charge in [-0.1, -0.05) is 18.2 Å². The molecular formula is C11H11NO2. The minimum Gasteiger partial charge on any atom is -0.390 e. The molecule has 0 bridgehead atoms. The first kappa shape index (κ1) is 8.97. The van der Waals surface area contributed by atoms with Gasteiger partial charge in [-0.25, -0.2) is 0 Å². The standard InChI is InChI=1S/C11H11NO2/c1-7-8-4-2-3-5-9(8)11(14)12-10(7)6-13/h2-5,13H,6H2,1H3,(H,12,14). The largest absolute Gasteiger partial charge is 0.390 e. The van der Waals surface area contributed by atoms with E-state index >= 15 is 0 Å². The molecule has 1 aromatic carbocycles. The lowest BCUT2D eigenvalue weighted by Crippen LogP contribution is -2.11. The van der Waals surface area contributed by atoms with Gasteiger partial charge in [0.25, 0.3) is 5.56 Å². The quantitative estimate of drug-likeness (QED) is 0.711. The Bertz CT molecular complexity index is 528. The molecule has 14 heavy (non-hydrogen) atoms. The summed E-state index contributed by atoms with van der Waals surface area (Å²) in [5.74, 6) is 0. The van der Waals surface area contributed by atoms with Crippen LogP contribution in [0.2, 0.25) is 0 Å². The van der Waals surface area contributed by atoms with Crippen LogP contribution >= 0.6 is 0 Å². The Kier molecular flexibility index (Phi) is 2.09. The summed E-state index contributed by atoms with van der Waals surface area (Å²) in [6.45, 7) is 1.76. The van der Waals surface area contributed by atoms with Crippen molar-refractivity contribution < 1.29 is 5.11 Å². The van der Waals surface area contributed by atoms with Gasteiger partial charge in [0.2, 0.25) is 0 Å². The van der Waals surface area contributed by atoms with Gasteiger partial charge in [-0.3, -0.25) is 4.79 Å². The zero-order chi connectivity index (χ0) is 10.1. The van der Waals surface area contributed by atoms with Crippen molar-refractivity contribution in [3.63, 3.8) is 0 Å². The molecule has 3 nitrogen and oxygen atoms in total. The second-order valence-corrected chi connectivity index (χ2v) is 3.26. The molecule has 0 saturated carbocycles. The van der Waals surface area contributed by atoms with Crippen molar-refractivity contribution in [1.82, 2.24) is 4.98 Å². The molecule has 0 amide bonds. The number of rotatable bonds is 1. The fourth-order valence-corrected chi connectivity index (χ4v) is 1.63. The number of hydrogen-bond donors (Lipinski definition) is 2. The van der Waals surface area contributed by atoms with E-state index in [-0.39, 0.29) is 12.2 Å². The van der Waals surface area contributed by atoms with Crippen molar-refractivity contribution in [2.45, 2.75) is 13.5 Å². The first-order valence-electron chi connectivity index (χ1n) is 4.45. The molecule has 2 rings (SSSR count). The summed E-state index contributed by atoms with van der Waals surface area (Å²) in [5, 5.41) is 10.6. The van der Waals surface area contributed by atoms with Crippen LogP contribution in [0.3, 0.4) is 0 Å². The van der Waals surface area contributed by atoms with Gasteiger partial charge in [-0.15, -0.1) is 0 Å². The van der Waals surface area contributed by atoms with Crippen molar-refractivity contribution >= 4 is 10.8 Å². The van der Waals surface area contributed by atoms with Crippen molar-refractivity contribution in [3.05, 3.63) is 45.9 Å². The van der Waals surface area contributed by atoms with E-state index in [1.165, 1.54) is 0 Å². The Labute approximate surface area is 81.0 Å². The third-order valence-electron chi connectivity index (χ3n) is 2.45. The topological polar surface area (TPSA) is 53.1 Å². The summed E-state index contributed by atoms with van der Waals surface area (Å²) < 4.78 is 0. The molecule has 2 aromatic rings. The maximum atomic E-state index is 11.5. The summed E-state index contributed by atoms with van der Waals surface area (Å²) >= 11 is 0. The molecule has 0 unspecified atom stereocenters. The van der Waals surface area contributed by atoms with Crippen LogP contribution < -0.4 is 5.56 Å². The highest BCUT2D eigenvalue weighted by molar-refractivity contribution is 5.85.